The molecule has 1 aromatic rings. The van der Waals surface area contributed by atoms with E-state index < -0.39 is 0 Å². The van der Waals surface area contributed by atoms with Crippen LogP contribution in [0.4, 0.5) is 0 Å². The van der Waals surface area contributed by atoms with Gasteiger partial charge in [-0.05, 0) is 92.6 Å². The Bertz CT molecular complexity index is 1020. The molecule has 202 valence electrons. The normalized spacial score (nSPS) is 40.5. The molecule has 0 N–H and O–H groups in total. The third kappa shape index (κ3) is 4.81. The molecule has 1 aromatic carbocycles. The van der Waals surface area contributed by atoms with Crippen LogP contribution in [0.25, 0.3) is 0 Å². The molecule has 37 heavy (non-hydrogen) atoms. The van der Waals surface area contributed by atoms with Gasteiger partial charge in [0.15, 0.2) is 0 Å². The van der Waals surface area contributed by atoms with Crippen LogP contribution in [-0.4, -0.2) is 36.7 Å². The van der Waals surface area contributed by atoms with Crippen molar-refractivity contribution in [1.29, 1.82) is 0 Å². The van der Waals surface area contributed by atoms with Gasteiger partial charge >= 0.3 is 17.9 Å². The summed E-state index contributed by atoms with van der Waals surface area (Å²) in [5.74, 6) is 1.48. The smallest absolute Gasteiger partial charge is 0.338 e. The number of rotatable bonds is 5. The number of ether oxygens (including phenoxy) is 3. The summed E-state index contributed by atoms with van der Waals surface area (Å²) in [6.45, 7) is 8.06. The largest absolute Gasteiger partial charge is 0.465 e. The molecule has 5 rings (SSSR count). The highest BCUT2D eigenvalue weighted by Gasteiger charge is 2.63. The Kier molecular flexibility index (Phi) is 7.14. The number of esters is 3. The molecule has 4 saturated carbocycles. The zero-order chi connectivity index (χ0) is 26.4. The molecule has 6 heteroatoms. The number of hydrogen-bond acceptors (Lipinski definition) is 6. The van der Waals surface area contributed by atoms with Crippen LogP contribution < -0.4 is 0 Å². The van der Waals surface area contributed by atoms with Crippen LogP contribution >= 0.6 is 0 Å². The summed E-state index contributed by atoms with van der Waals surface area (Å²) >= 11 is 0. The predicted molar refractivity (Wildman–Crippen MR) is 138 cm³/mol. The zero-order valence-corrected chi connectivity index (χ0v) is 22.7. The molecule has 0 aromatic heterocycles. The Hall–Kier alpha value is -2.37. The molecule has 4 fully saturated rings. The number of hydrogen-bond donors (Lipinski definition) is 0. The van der Waals surface area contributed by atoms with Crippen molar-refractivity contribution < 1.29 is 28.6 Å². The van der Waals surface area contributed by atoms with Gasteiger partial charge in [0.25, 0.3) is 0 Å². The number of carbonyl (C=O) groups excluding carboxylic acids is 3. The van der Waals surface area contributed by atoms with Crippen molar-refractivity contribution in [3.8, 4) is 0 Å². The Morgan fingerprint density at radius 1 is 0.838 bits per heavy atom. The van der Waals surface area contributed by atoms with Crippen molar-refractivity contribution in [2.45, 2.75) is 91.3 Å². The van der Waals surface area contributed by atoms with E-state index in [0.717, 1.165) is 51.4 Å². The molecule has 0 saturated heterocycles. The average molecular weight is 511 g/mol. The van der Waals surface area contributed by atoms with Crippen LogP contribution in [0.15, 0.2) is 30.3 Å². The van der Waals surface area contributed by atoms with Crippen LogP contribution in [0.3, 0.4) is 0 Å². The summed E-state index contributed by atoms with van der Waals surface area (Å²) in [6.07, 6.45) is 8.21. The van der Waals surface area contributed by atoms with E-state index in [1.54, 1.807) is 12.1 Å². The Labute approximate surface area is 220 Å². The first-order valence-corrected chi connectivity index (χ1v) is 14.2. The highest BCUT2D eigenvalue weighted by molar-refractivity contribution is 5.89. The summed E-state index contributed by atoms with van der Waals surface area (Å²) in [7, 11) is 0. The molecule has 0 amide bonds. The minimum atomic E-state index is -0.290. The minimum Gasteiger partial charge on any atom is -0.465 e. The molecule has 0 radical (unpaired) electrons. The molecular weight excluding hydrogens is 468 g/mol. The molecule has 4 aliphatic rings. The lowest BCUT2D eigenvalue weighted by Crippen LogP contribution is -2.55. The van der Waals surface area contributed by atoms with Gasteiger partial charge in [0, 0.05) is 25.2 Å². The predicted octanol–water partition coefficient (Wildman–Crippen LogP) is 5.98. The number of fused-ring (bicyclic) bond motifs is 5. The Morgan fingerprint density at radius 3 is 2.27 bits per heavy atom. The lowest BCUT2D eigenvalue weighted by atomic mass is 9.45. The van der Waals surface area contributed by atoms with Crippen LogP contribution in [-0.2, 0) is 23.8 Å². The number of carbonyl (C=O) groups is 3. The van der Waals surface area contributed by atoms with Gasteiger partial charge in [0.05, 0.1) is 12.2 Å². The van der Waals surface area contributed by atoms with E-state index in [-0.39, 0.29) is 46.9 Å². The van der Waals surface area contributed by atoms with E-state index in [2.05, 4.69) is 13.8 Å². The van der Waals surface area contributed by atoms with Gasteiger partial charge in [-0.2, -0.15) is 0 Å². The molecule has 0 spiro atoms. The average Bonchev–Trinajstić information content (AvgIpc) is 3.14. The van der Waals surface area contributed by atoms with E-state index in [0.29, 0.717) is 35.8 Å². The van der Waals surface area contributed by atoms with Crippen LogP contribution in [0, 0.1) is 40.4 Å². The highest BCUT2D eigenvalue weighted by atomic mass is 16.6. The van der Waals surface area contributed by atoms with Crippen molar-refractivity contribution in [3.05, 3.63) is 35.9 Å². The monoisotopic (exact) mass is 510 g/mol. The second-order valence-corrected chi connectivity index (χ2v) is 12.7. The number of benzene rings is 1. The highest BCUT2D eigenvalue weighted by Crippen LogP contribution is 2.67. The summed E-state index contributed by atoms with van der Waals surface area (Å²) < 4.78 is 17.4. The fourth-order valence-corrected chi connectivity index (χ4v) is 9.06. The maximum absolute atomic E-state index is 13.2. The quantitative estimate of drug-likeness (QED) is 0.358. The lowest BCUT2D eigenvalue weighted by Gasteiger charge is -2.60. The topological polar surface area (TPSA) is 78.9 Å². The van der Waals surface area contributed by atoms with Gasteiger partial charge in [-0.1, -0.05) is 32.0 Å². The standard InChI is InChI=1S/C31H42O6/c1-19(32)35-18-22-16-27-25-11-10-23-17-24(36-20(2)33)12-14-30(23,3)26(25)13-15-31(27,4)28(22)37-29(34)21-8-6-5-7-9-21/h5-9,22-28H,10-18H2,1-4H3/t22-,23+,24+,25-,26+,27+,28+,30+,31+/m1/s1. The minimum absolute atomic E-state index is 0.00976. The summed E-state index contributed by atoms with van der Waals surface area (Å²) in [4.78, 5) is 36.4. The fourth-order valence-electron chi connectivity index (χ4n) is 9.06. The first-order valence-electron chi connectivity index (χ1n) is 14.2. The molecule has 0 heterocycles. The SMILES string of the molecule is CC(=O)OC[C@H]1C[C@H]2[C@@H]3CC[C@H]4C[C@@H](OC(C)=O)CC[C@]4(C)[C@H]3CC[C@]2(C)[C@H]1OC(=O)c1ccccc1. The first kappa shape index (κ1) is 26.2. The summed E-state index contributed by atoms with van der Waals surface area (Å²) in [5, 5.41) is 0. The van der Waals surface area contributed by atoms with Gasteiger partial charge in [-0.15, -0.1) is 0 Å². The van der Waals surface area contributed by atoms with Gasteiger partial charge in [0.1, 0.15) is 12.2 Å². The molecule has 0 bridgehead atoms. The molecular formula is C31H42O6. The summed E-state index contributed by atoms with van der Waals surface area (Å²) in [5.41, 5.74) is 0.687. The van der Waals surface area contributed by atoms with Crippen molar-refractivity contribution >= 4 is 17.9 Å². The van der Waals surface area contributed by atoms with Crippen molar-refractivity contribution in [3.63, 3.8) is 0 Å². The van der Waals surface area contributed by atoms with E-state index in [9.17, 15) is 14.4 Å². The Morgan fingerprint density at radius 2 is 1.57 bits per heavy atom. The Balaban J connectivity index is 1.37. The van der Waals surface area contributed by atoms with Gasteiger partial charge in [0.2, 0.25) is 0 Å². The van der Waals surface area contributed by atoms with E-state index >= 15 is 0 Å². The fraction of sp³-hybridized carbons (Fsp3) is 0.710. The molecule has 0 aliphatic heterocycles. The maximum atomic E-state index is 13.2. The molecule has 9 atom stereocenters. The van der Waals surface area contributed by atoms with Gasteiger partial charge in [-0.25, -0.2) is 4.79 Å². The van der Waals surface area contributed by atoms with Crippen LogP contribution in [0.2, 0.25) is 0 Å². The van der Waals surface area contributed by atoms with Crippen molar-refractivity contribution in [1.82, 2.24) is 0 Å². The third-order valence-electron chi connectivity index (χ3n) is 10.8. The van der Waals surface area contributed by atoms with Crippen molar-refractivity contribution in [2.75, 3.05) is 6.61 Å². The zero-order valence-electron chi connectivity index (χ0n) is 22.7. The third-order valence-corrected chi connectivity index (χ3v) is 10.8. The second kappa shape index (κ2) is 10.1. The van der Waals surface area contributed by atoms with Gasteiger partial charge in [-0.3, -0.25) is 9.59 Å². The maximum Gasteiger partial charge on any atom is 0.338 e. The van der Waals surface area contributed by atoms with E-state index in [4.69, 9.17) is 14.2 Å². The van der Waals surface area contributed by atoms with E-state index in [1.807, 2.05) is 18.2 Å². The van der Waals surface area contributed by atoms with Crippen LogP contribution in [0.1, 0.15) is 89.4 Å². The summed E-state index contributed by atoms with van der Waals surface area (Å²) in [6, 6.07) is 9.19. The van der Waals surface area contributed by atoms with Gasteiger partial charge < -0.3 is 14.2 Å². The molecule has 0 unspecified atom stereocenters. The van der Waals surface area contributed by atoms with Crippen molar-refractivity contribution in [2.24, 2.45) is 40.4 Å². The second-order valence-electron chi connectivity index (χ2n) is 12.7. The molecule has 4 aliphatic carbocycles. The molecule has 6 nitrogen and oxygen atoms in total. The van der Waals surface area contributed by atoms with Crippen LogP contribution in [0.5, 0.6) is 0 Å². The first-order chi connectivity index (χ1) is 17.6. The van der Waals surface area contributed by atoms with E-state index in [1.165, 1.54) is 13.8 Å². The lowest BCUT2D eigenvalue weighted by molar-refractivity contribution is -0.161.